The molecule has 0 spiro atoms. The first-order valence-electron chi connectivity index (χ1n) is 26.0. The molecule has 1 aliphatic rings. The Balaban J connectivity index is 1.68. The third-order valence-corrected chi connectivity index (χ3v) is 14.1. The van der Waals surface area contributed by atoms with E-state index in [0.717, 1.165) is 77.0 Å². The number of aliphatic hydroxyl groups excluding tert-OH is 3. The summed E-state index contributed by atoms with van der Waals surface area (Å²) in [5.74, 6) is 1.06. The maximum atomic E-state index is 12.9. The molecule has 1 saturated carbocycles. The zero-order chi connectivity index (χ0) is 48.8. The van der Waals surface area contributed by atoms with Gasteiger partial charge in [0.05, 0.1) is 46.1 Å². The highest BCUT2D eigenvalue weighted by molar-refractivity contribution is 7.45. The number of ether oxygens (including phenoxy) is 2. The smallest absolute Gasteiger partial charge is 0.306 e. The zero-order valence-corrected chi connectivity index (χ0v) is 43.3. The number of furan rings is 1. The molecule has 7 atom stereocenters. The molecular weight excluding hydrogens is 862 g/mol. The Labute approximate surface area is 400 Å². The van der Waals surface area contributed by atoms with Gasteiger partial charge in [-0.3, -0.25) is 14.2 Å². The van der Waals surface area contributed by atoms with Gasteiger partial charge in [-0.25, -0.2) is 0 Å². The lowest BCUT2D eigenvalue weighted by Gasteiger charge is -2.28. The van der Waals surface area contributed by atoms with E-state index in [-0.39, 0.29) is 37.9 Å². The summed E-state index contributed by atoms with van der Waals surface area (Å²) in [5.41, 5.74) is 2.67. The van der Waals surface area contributed by atoms with Crippen LogP contribution in [0.1, 0.15) is 197 Å². The summed E-state index contributed by atoms with van der Waals surface area (Å²) in [5, 5.41) is 31.5. The molecule has 384 valence electrons. The van der Waals surface area contributed by atoms with Gasteiger partial charge in [0.25, 0.3) is 7.82 Å². The number of hydrogen-bond donors (Lipinski definition) is 3. The minimum Gasteiger partial charge on any atom is -0.756 e. The number of nitrogens with zero attached hydrogens (tertiary/aromatic N) is 1. The Morgan fingerprint density at radius 3 is 1.86 bits per heavy atom. The van der Waals surface area contributed by atoms with Crippen LogP contribution in [0, 0.1) is 25.7 Å². The van der Waals surface area contributed by atoms with E-state index in [2.05, 4.69) is 27.7 Å². The van der Waals surface area contributed by atoms with Gasteiger partial charge in [0, 0.05) is 38.0 Å². The lowest BCUT2D eigenvalue weighted by Crippen LogP contribution is -2.37. The highest BCUT2D eigenvalue weighted by Crippen LogP contribution is 2.39. The Morgan fingerprint density at radius 2 is 1.27 bits per heavy atom. The fourth-order valence-electron chi connectivity index (χ4n) is 8.70. The molecule has 1 aromatic rings. The number of aliphatic hydroxyl groups is 3. The molecule has 14 heteroatoms. The number of esters is 2. The zero-order valence-electron chi connectivity index (χ0n) is 42.4. The first-order valence-corrected chi connectivity index (χ1v) is 27.5. The van der Waals surface area contributed by atoms with Crippen LogP contribution in [0.3, 0.4) is 0 Å². The van der Waals surface area contributed by atoms with E-state index < -0.39 is 50.8 Å². The second-order valence-corrected chi connectivity index (χ2v) is 21.5. The predicted molar refractivity (Wildman–Crippen MR) is 260 cm³/mol. The van der Waals surface area contributed by atoms with E-state index in [0.29, 0.717) is 43.1 Å². The molecule has 1 aliphatic carbocycles. The van der Waals surface area contributed by atoms with Crippen LogP contribution in [-0.2, 0) is 45.5 Å². The summed E-state index contributed by atoms with van der Waals surface area (Å²) in [6, 6.07) is 0. The highest BCUT2D eigenvalue weighted by Gasteiger charge is 2.39. The second-order valence-electron chi connectivity index (χ2n) is 20.1. The maximum Gasteiger partial charge on any atom is 0.306 e. The number of phosphoric ester groups is 1. The summed E-state index contributed by atoms with van der Waals surface area (Å²) in [7, 11) is 1.02. The molecule has 0 aromatic carbocycles. The number of carbonyl (C=O) groups excluding carboxylic acids is 2. The lowest BCUT2D eigenvalue weighted by molar-refractivity contribution is -0.870. The molecule has 66 heavy (non-hydrogen) atoms. The molecule has 0 radical (unpaired) electrons. The normalized spacial score (nSPS) is 19.6. The standard InChI is InChI=1S/C52H94NO12P/c1-8-10-22-28-43(54)34-35-46-45(47(55)38-48(46)56)29-24-20-21-27-33-52(58)64-44(40-63-66(59,60)62-37-36-53(5,6)7)39-61-51(57)32-26-19-17-15-13-12-14-16-18-25-31-50-42(4)41(3)49(65-50)30-23-11-9-2/h34-35,43-48,54-56H,8-33,36-40H2,1-7H3/b35-34+/t43-,44+,45+,46+,47-,48+/m0/s1. The molecule has 2 rings (SSSR count). The van der Waals surface area contributed by atoms with Gasteiger partial charge >= 0.3 is 11.9 Å². The lowest BCUT2D eigenvalue weighted by atomic mass is 9.88. The minimum absolute atomic E-state index is 0.0731. The third kappa shape index (κ3) is 27.2. The number of unbranched alkanes of at least 4 members (excludes halogenated alkanes) is 16. The summed E-state index contributed by atoms with van der Waals surface area (Å²) in [6.07, 6.45) is 25.4. The van der Waals surface area contributed by atoms with Crippen molar-refractivity contribution in [1.29, 1.82) is 0 Å². The van der Waals surface area contributed by atoms with E-state index in [1.165, 1.54) is 74.0 Å². The van der Waals surface area contributed by atoms with Gasteiger partial charge in [-0.15, -0.1) is 0 Å². The average Bonchev–Trinajstić information content (AvgIpc) is 3.68. The molecule has 0 aliphatic heterocycles. The van der Waals surface area contributed by atoms with E-state index >= 15 is 0 Å². The number of phosphoric acid groups is 1. The van der Waals surface area contributed by atoms with Crippen molar-refractivity contribution in [2.45, 2.75) is 225 Å². The van der Waals surface area contributed by atoms with E-state index in [1.54, 1.807) is 6.08 Å². The van der Waals surface area contributed by atoms with Crippen LogP contribution < -0.4 is 4.89 Å². The first kappa shape index (κ1) is 60.0. The van der Waals surface area contributed by atoms with Crippen molar-refractivity contribution in [3.8, 4) is 0 Å². The fourth-order valence-corrected chi connectivity index (χ4v) is 9.42. The van der Waals surface area contributed by atoms with Crippen molar-refractivity contribution in [2.75, 3.05) is 47.5 Å². The van der Waals surface area contributed by atoms with Crippen molar-refractivity contribution in [1.82, 2.24) is 0 Å². The number of quaternary nitrogens is 1. The Kier molecular flexibility index (Phi) is 31.1. The van der Waals surface area contributed by atoms with Crippen molar-refractivity contribution in [2.24, 2.45) is 11.8 Å². The number of carbonyl (C=O) groups is 2. The quantitative estimate of drug-likeness (QED) is 0.0186. The third-order valence-electron chi connectivity index (χ3n) is 13.1. The van der Waals surface area contributed by atoms with Gasteiger partial charge in [0.1, 0.15) is 31.3 Å². The molecule has 3 N–H and O–H groups in total. The topological polar surface area (TPSA) is 185 Å². The molecule has 0 amide bonds. The molecule has 13 nitrogen and oxygen atoms in total. The van der Waals surface area contributed by atoms with Crippen molar-refractivity contribution < 1.29 is 61.8 Å². The summed E-state index contributed by atoms with van der Waals surface area (Å²) in [4.78, 5) is 38.0. The van der Waals surface area contributed by atoms with Crippen molar-refractivity contribution >= 4 is 19.8 Å². The first-order chi connectivity index (χ1) is 31.5. The average molecular weight is 956 g/mol. The molecular formula is C52H94NO12P. The number of likely N-dealkylation sites (N-methyl/N-ethyl adjacent to an activating group) is 1. The molecule has 0 saturated heterocycles. The van der Waals surface area contributed by atoms with Crippen LogP contribution in [0.15, 0.2) is 16.6 Å². The number of hydrogen-bond acceptors (Lipinski definition) is 12. The van der Waals surface area contributed by atoms with Crippen molar-refractivity contribution in [3.05, 3.63) is 34.8 Å². The van der Waals surface area contributed by atoms with Gasteiger partial charge in [-0.2, -0.15) is 0 Å². The molecule has 1 fully saturated rings. The second kappa shape index (κ2) is 34.2. The van der Waals surface area contributed by atoms with Crippen molar-refractivity contribution in [3.63, 3.8) is 0 Å². The summed E-state index contributed by atoms with van der Waals surface area (Å²) >= 11 is 0. The Morgan fingerprint density at radius 1 is 0.742 bits per heavy atom. The summed E-state index contributed by atoms with van der Waals surface area (Å²) in [6.45, 7) is 8.23. The minimum atomic E-state index is -4.70. The predicted octanol–water partition coefficient (Wildman–Crippen LogP) is 10.3. The maximum absolute atomic E-state index is 12.9. The number of rotatable bonds is 40. The monoisotopic (exact) mass is 956 g/mol. The van der Waals surface area contributed by atoms with Crippen LogP contribution in [0.25, 0.3) is 0 Å². The van der Waals surface area contributed by atoms with E-state index in [1.807, 2.05) is 27.2 Å². The van der Waals surface area contributed by atoms with Gasteiger partial charge < -0.3 is 47.6 Å². The van der Waals surface area contributed by atoms with Gasteiger partial charge in [0.15, 0.2) is 6.10 Å². The van der Waals surface area contributed by atoms with E-state index in [4.69, 9.17) is 22.9 Å². The van der Waals surface area contributed by atoms with Crippen LogP contribution >= 0.6 is 7.82 Å². The van der Waals surface area contributed by atoms with Crippen LogP contribution in [0.5, 0.6) is 0 Å². The SMILES string of the molecule is CCCCCc1oc(CCCCCCCCCCCCC(=O)OC[C@H](COP(=O)([O-])OCC[N+](C)(C)C)OC(=O)CCCCCC[C@@H]2[C@@H](/C=C/[C@@H](O)CCCCC)[C@H](O)C[C@@H]2O)c(C)c1C. The molecule has 1 aromatic heterocycles. The fraction of sp³-hybridized carbons (Fsp3) is 0.846. The van der Waals surface area contributed by atoms with Gasteiger partial charge in [0.2, 0.25) is 0 Å². The molecule has 1 heterocycles. The Hall–Kier alpha value is -2.09. The van der Waals surface area contributed by atoms with Crippen LogP contribution in [0.4, 0.5) is 0 Å². The van der Waals surface area contributed by atoms with Gasteiger partial charge in [-0.1, -0.05) is 129 Å². The highest BCUT2D eigenvalue weighted by atomic mass is 31.2. The molecule has 0 bridgehead atoms. The largest absolute Gasteiger partial charge is 0.756 e. The van der Waals surface area contributed by atoms with E-state index in [9.17, 15) is 34.4 Å². The molecule has 1 unspecified atom stereocenters. The van der Waals surface area contributed by atoms with Crippen LogP contribution in [0.2, 0.25) is 0 Å². The van der Waals surface area contributed by atoms with Gasteiger partial charge in [-0.05, 0) is 69.4 Å². The van der Waals surface area contributed by atoms with Crippen LogP contribution in [-0.4, -0.2) is 104 Å². The summed E-state index contributed by atoms with van der Waals surface area (Å²) < 4.78 is 40.3. The Bertz CT molecular complexity index is 1520. The number of aryl methyl sites for hydroxylation is 2.